The number of amides is 4. The van der Waals surface area contributed by atoms with Gasteiger partial charge in [0.2, 0.25) is 17.6 Å². The number of carboxylic acids is 1. The zero-order valence-electron chi connectivity index (χ0n) is 20.7. The van der Waals surface area contributed by atoms with Gasteiger partial charge in [0.1, 0.15) is 11.5 Å². The first kappa shape index (κ1) is 26.4. The third kappa shape index (κ3) is 6.56. The van der Waals surface area contributed by atoms with Crippen molar-refractivity contribution >= 4 is 52.6 Å². The topological polar surface area (TPSA) is 221 Å². The Morgan fingerprint density at radius 1 is 0.846 bits per heavy atom. The first-order valence-corrected chi connectivity index (χ1v) is 11.4. The Hall–Kier alpha value is -5.67. The summed E-state index contributed by atoms with van der Waals surface area (Å²) in [5.74, 6) is -2.52. The van der Waals surface area contributed by atoms with Crippen molar-refractivity contribution in [3.8, 4) is 0 Å². The van der Waals surface area contributed by atoms with Gasteiger partial charge in [-0.25, -0.2) is 14.8 Å². The van der Waals surface area contributed by atoms with Crippen molar-refractivity contribution in [1.82, 2.24) is 29.1 Å². The van der Waals surface area contributed by atoms with E-state index in [4.69, 9.17) is 5.11 Å². The molecule has 0 aliphatic carbocycles. The Balaban J connectivity index is 1.24. The van der Waals surface area contributed by atoms with E-state index in [-0.39, 0.29) is 41.7 Å². The molecule has 0 unspecified atom stereocenters. The minimum absolute atomic E-state index is 0.0290. The lowest BCUT2D eigenvalue weighted by molar-refractivity contribution is -0.121. The zero-order valence-corrected chi connectivity index (χ0v) is 20.7. The summed E-state index contributed by atoms with van der Waals surface area (Å²) in [5, 5.41) is 19.3. The van der Waals surface area contributed by atoms with E-state index in [0.717, 1.165) is 0 Å². The van der Waals surface area contributed by atoms with Gasteiger partial charge in [-0.05, 0) is 6.07 Å². The number of aromatic nitrogens is 6. The second-order valence-corrected chi connectivity index (χ2v) is 8.34. The number of rotatable bonds is 10. The number of carbonyl (C=O) groups excluding carboxylic acids is 4. The minimum atomic E-state index is -1.17. The predicted molar refractivity (Wildman–Crippen MR) is 137 cm³/mol. The van der Waals surface area contributed by atoms with E-state index in [1.807, 2.05) is 0 Å². The van der Waals surface area contributed by atoms with Crippen LogP contribution in [0.2, 0.25) is 0 Å². The summed E-state index contributed by atoms with van der Waals surface area (Å²) < 4.78 is 2.95. The van der Waals surface area contributed by atoms with E-state index in [9.17, 15) is 24.0 Å². The van der Waals surface area contributed by atoms with E-state index < -0.39 is 29.6 Å². The maximum absolute atomic E-state index is 12.5. The van der Waals surface area contributed by atoms with E-state index in [1.54, 1.807) is 24.9 Å². The predicted octanol–water partition coefficient (Wildman–Crippen LogP) is 1.37. The molecule has 16 nitrogen and oxygen atoms in total. The highest BCUT2D eigenvalue weighted by molar-refractivity contribution is 6.04. The molecule has 0 spiro atoms. The van der Waals surface area contributed by atoms with Crippen LogP contribution in [0, 0.1) is 0 Å². The molecule has 0 atom stereocenters. The van der Waals surface area contributed by atoms with Crippen LogP contribution in [0.3, 0.4) is 0 Å². The lowest BCUT2D eigenvalue weighted by Crippen LogP contribution is -2.18. The molecule has 39 heavy (non-hydrogen) atoms. The molecule has 4 aromatic heterocycles. The molecule has 0 saturated heterocycles. The molecule has 0 aliphatic heterocycles. The van der Waals surface area contributed by atoms with E-state index >= 15 is 0 Å². The van der Waals surface area contributed by atoms with Crippen LogP contribution in [-0.2, 0) is 23.7 Å². The van der Waals surface area contributed by atoms with Crippen LogP contribution in [0.4, 0.5) is 23.0 Å². The van der Waals surface area contributed by atoms with Crippen molar-refractivity contribution < 1.29 is 29.1 Å². The van der Waals surface area contributed by atoms with Gasteiger partial charge in [0.15, 0.2) is 11.6 Å². The van der Waals surface area contributed by atoms with Crippen molar-refractivity contribution in [3.05, 3.63) is 60.5 Å². The zero-order chi connectivity index (χ0) is 28.1. The van der Waals surface area contributed by atoms with Gasteiger partial charge in [0.05, 0.1) is 11.4 Å². The van der Waals surface area contributed by atoms with E-state index in [2.05, 4.69) is 41.2 Å². The Morgan fingerprint density at radius 2 is 1.49 bits per heavy atom. The number of carbonyl (C=O) groups is 5. The van der Waals surface area contributed by atoms with E-state index in [0.29, 0.717) is 11.5 Å². The highest BCUT2D eigenvalue weighted by Gasteiger charge is 2.18. The van der Waals surface area contributed by atoms with Gasteiger partial charge in [0.25, 0.3) is 11.8 Å². The number of aryl methyl sites for hydroxylation is 2. The summed E-state index contributed by atoms with van der Waals surface area (Å²) in [7, 11) is 3.24. The summed E-state index contributed by atoms with van der Waals surface area (Å²) in [5.41, 5.74) is 0.567. The number of aromatic amines is 2. The summed E-state index contributed by atoms with van der Waals surface area (Å²) in [4.78, 5) is 73.6. The Bertz CT molecular complexity index is 1560. The van der Waals surface area contributed by atoms with Gasteiger partial charge in [-0.3, -0.25) is 19.2 Å². The lowest BCUT2D eigenvalue weighted by atomic mass is 10.3. The monoisotopic (exact) mass is 536 g/mol. The van der Waals surface area contributed by atoms with Crippen molar-refractivity contribution in [3.63, 3.8) is 0 Å². The fraction of sp³-hybridized carbons (Fsp3) is 0.174. The molecule has 0 saturated carbocycles. The number of H-pyrrole nitrogens is 2. The van der Waals surface area contributed by atoms with Gasteiger partial charge < -0.3 is 45.5 Å². The molecule has 0 radical (unpaired) electrons. The van der Waals surface area contributed by atoms with Crippen LogP contribution in [-0.4, -0.2) is 63.8 Å². The first-order chi connectivity index (χ1) is 18.6. The minimum Gasteiger partial charge on any atom is -0.477 e. The van der Waals surface area contributed by atoms with Gasteiger partial charge in [-0.15, -0.1) is 0 Å². The number of nitrogens with zero attached hydrogens (tertiary/aromatic N) is 4. The third-order valence-electron chi connectivity index (χ3n) is 5.34. The fourth-order valence-corrected chi connectivity index (χ4v) is 3.47. The molecule has 0 bridgehead atoms. The summed E-state index contributed by atoms with van der Waals surface area (Å²) in [6, 6.07) is 2.78. The highest BCUT2D eigenvalue weighted by atomic mass is 16.4. The second kappa shape index (κ2) is 11.2. The average molecular weight is 537 g/mol. The van der Waals surface area contributed by atoms with Crippen LogP contribution >= 0.6 is 0 Å². The molecule has 7 N–H and O–H groups in total. The van der Waals surface area contributed by atoms with Crippen LogP contribution in [0.1, 0.15) is 44.6 Å². The van der Waals surface area contributed by atoms with Crippen LogP contribution in [0.5, 0.6) is 0 Å². The number of aromatic carboxylic acids is 1. The third-order valence-corrected chi connectivity index (χ3v) is 5.34. The highest BCUT2D eigenvalue weighted by Crippen LogP contribution is 2.16. The van der Waals surface area contributed by atoms with Crippen molar-refractivity contribution in [2.45, 2.75) is 12.8 Å². The molecule has 4 amide bonds. The first-order valence-electron chi connectivity index (χ1n) is 11.4. The van der Waals surface area contributed by atoms with Gasteiger partial charge in [-0.2, -0.15) is 0 Å². The molecule has 16 heteroatoms. The number of hydrogen-bond acceptors (Lipinski definition) is 7. The van der Waals surface area contributed by atoms with Crippen LogP contribution in [0.15, 0.2) is 43.1 Å². The molecular weight excluding hydrogens is 512 g/mol. The Labute approximate surface area is 219 Å². The number of hydrogen-bond donors (Lipinski definition) is 7. The van der Waals surface area contributed by atoms with Crippen molar-refractivity contribution in [2.24, 2.45) is 14.1 Å². The second-order valence-electron chi connectivity index (χ2n) is 8.34. The largest absolute Gasteiger partial charge is 0.477 e. The normalized spacial score (nSPS) is 10.6. The van der Waals surface area contributed by atoms with Crippen molar-refractivity contribution in [2.75, 3.05) is 21.3 Å². The Morgan fingerprint density at radius 3 is 2.13 bits per heavy atom. The average Bonchev–Trinajstić information content (AvgIpc) is 3.66. The van der Waals surface area contributed by atoms with Gasteiger partial charge in [0, 0.05) is 64.0 Å². The molecule has 202 valence electrons. The van der Waals surface area contributed by atoms with Gasteiger partial charge in [-0.1, -0.05) is 0 Å². The molecule has 4 rings (SSSR count). The summed E-state index contributed by atoms with van der Waals surface area (Å²) in [6.07, 6.45) is 7.09. The number of nitrogens with one attached hydrogen (secondary N) is 6. The fourth-order valence-electron chi connectivity index (χ4n) is 3.47. The molecular formula is C23H24N10O6. The van der Waals surface area contributed by atoms with Gasteiger partial charge >= 0.3 is 5.97 Å². The van der Waals surface area contributed by atoms with Crippen LogP contribution < -0.4 is 21.3 Å². The number of imidazole rings is 2. The van der Waals surface area contributed by atoms with Crippen LogP contribution in [0.25, 0.3) is 0 Å². The summed E-state index contributed by atoms with van der Waals surface area (Å²) in [6.45, 7) is 0. The smallest absolute Gasteiger partial charge is 0.352 e. The SMILES string of the molecule is Cn1ccnc1C(=O)Nc1c[nH]c(NC(=O)CCC(=O)Nc2cn(C)c(C(=O)Nc3c[nH]c(C(=O)O)c3)n2)c1. The van der Waals surface area contributed by atoms with Crippen molar-refractivity contribution in [1.29, 1.82) is 0 Å². The number of anilines is 4. The number of carboxylic acid groups (broad SMARTS) is 1. The Kier molecular flexibility index (Phi) is 7.55. The molecule has 0 aliphatic rings. The maximum atomic E-state index is 12.5. The molecule has 0 fully saturated rings. The lowest BCUT2D eigenvalue weighted by Gasteiger charge is -2.04. The maximum Gasteiger partial charge on any atom is 0.352 e. The standard InChI is InChI=1S/C23H24N10O6/c1-32-6-5-24-19(32)21(36)28-13-8-15(26-10-13)29-17(34)3-4-18(35)30-16-11-33(2)20(31-16)22(37)27-12-7-14(23(38)39)25-9-12/h5-11,25-26H,3-4H2,1-2H3,(H,27,37)(H,28,36)(H,29,34)(H,30,35)(H,38,39). The quantitative estimate of drug-likeness (QED) is 0.156. The molecule has 4 aromatic rings. The molecule has 4 heterocycles. The molecule has 0 aromatic carbocycles. The summed E-state index contributed by atoms with van der Waals surface area (Å²) >= 11 is 0. The van der Waals surface area contributed by atoms with E-state index in [1.165, 1.54) is 41.5 Å².